The standard InChI is InChI=1S/C8H14O/c1-6-3-4-8(9)5-7(6)2/h5-7,9H,3-4H2,1-2H3. The lowest BCUT2D eigenvalue weighted by atomic mass is 9.86. The second-order valence-electron chi connectivity index (χ2n) is 3.03. The minimum Gasteiger partial charge on any atom is -0.513 e. The maximum Gasteiger partial charge on any atom is 0.0885 e. The molecule has 1 N–H and O–H groups in total. The number of hydrogen-bond acceptors (Lipinski definition) is 1. The van der Waals surface area contributed by atoms with Gasteiger partial charge >= 0.3 is 0 Å². The van der Waals surface area contributed by atoms with Crippen LogP contribution in [0.25, 0.3) is 0 Å². The summed E-state index contributed by atoms with van der Waals surface area (Å²) in [6.45, 7) is 4.38. The van der Waals surface area contributed by atoms with Crippen molar-refractivity contribution >= 4 is 0 Å². The van der Waals surface area contributed by atoms with Gasteiger partial charge in [-0.2, -0.15) is 0 Å². The van der Waals surface area contributed by atoms with Crippen LogP contribution >= 0.6 is 0 Å². The van der Waals surface area contributed by atoms with Gasteiger partial charge in [-0.15, -0.1) is 0 Å². The zero-order valence-corrected chi connectivity index (χ0v) is 6.09. The van der Waals surface area contributed by atoms with Crippen LogP contribution in [-0.2, 0) is 0 Å². The molecule has 2 atom stereocenters. The molecule has 1 nitrogen and oxygen atoms in total. The van der Waals surface area contributed by atoms with Crippen molar-refractivity contribution in [3.05, 3.63) is 11.8 Å². The van der Waals surface area contributed by atoms with Gasteiger partial charge < -0.3 is 5.11 Å². The van der Waals surface area contributed by atoms with Crippen molar-refractivity contribution in [3.8, 4) is 0 Å². The molecule has 0 saturated carbocycles. The Morgan fingerprint density at radius 2 is 2.22 bits per heavy atom. The molecule has 0 heterocycles. The van der Waals surface area contributed by atoms with Gasteiger partial charge in [-0.25, -0.2) is 0 Å². The minimum absolute atomic E-state index is 0.568. The molecule has 0 fully saturated rings. The zero-order chi connectivity index (χ0) is 6.85. The molecule has 0 aromatic carbocycles. The first-order valence-electron chi connectivity index (χ1n) is 3.60. The summed E-state index contributed by atoms with van der Waals surface area (Å²) in [5, 5.41) is 9.06. The fourth-order valence-electron chi connectivity index (χ4n) is 1.19. The van der Waals surface area contributed by atoms with Gasteiger partial charge in [0.2, 0.25) is 0 Å². The van der Waals surface area contributed by atoms with E-state index in [-0.39, 0.29) is 0 Å². The van der Waals surface area contributed by atoms with Crippen molar-refractivity contribution in [3.63, 3.8) is 0 Å². The summed E-state index contributed by atoms with van der Waals surface area (Å²) in [7, 11) is 0. The average molecular weight is 126 g/mol. The monoisotopic (exact) mass is 126 g/mol. The molecule has 0 amide bonds. The van der Waals surface area contributed by atoms with Gasteiger partial charge in [0.1, 0.15) is 0 Å². The predicted octanol–water partition coefficient (Wildman–Crippen LogP) is 2.49. The van der Waals surface area contributed by atoms with Crippen LogP contribution in [0.5, 0.6) is 0 Å². The Balaban J connectivity index is 2.58. The Morgan fingerprint density at radius 3 is 2.67 bits per heavy atom. The number of aliphatic hydroxyl groups is 1. The van der Waals surface area contributed by atoms with Crippen molar-refractivity contribution in [2.75, 3.05) is 0 Å². The Labute approximate surface area is 56.4 Å². The first-order valence-corrected chi connectivity index (χ1v) is 3.60. The van der Waals surface area contributed by atoms with Gasteiger partial charge in [0.25, 0.3) is 0 Å². The van der Waals surface area contributed by atoms with E-state index in [1.807, 2.05) is 6.08 Å². The maximum atomic E-state index is 9.06. The van der Waals surface area contributed by atoms with Crippen molar-refractivity contribution < 1.29 is 5.11 Å². The van der Waals surface area contributed by atoms with Crippen LogP contribution in [0.2, 0.25) is 0 Å². The topological polar surface area (TPSA) is 20.2 Å². The lowest BCUT2D eigenvalue weighted by Gasteiger charge is -2.21. The van der Waals surface area contributed by atoms with Crippen molar-refractivity contribution in [2.45, 2.75) is 26.7 Å². The molecule has 0 radical (unpaired) electrons. The summed E-state index contributed by atoms with van der Waals surface area (Å²) in [5.41, 5.74) is 0. The molecule has 0 aliphatic heterocycles. The Bertz CT molecular complexity index is 127. The van der Waals surface area contributed by atoms with Crippen LogP contribution in [0.15, 0.2) is 11.8 Å². The lowest BCUT2D eigenvalue weighted by molar-refractivity contribution is 0.309. The van der Waals surface area contributed by atoms with Crippen LogP contribution in [0.1, 0.15) is 26.7 Å². The zero-order valence-electron chi connectivity index (χ0n) is 6.09. The lowest BCUT2D eigenvalue weighted by Crippen LogP contribution is -2.11. The van der Waals surface area contributed by atoms with E-state index in [4.69, 9.17) is 5.11 Å². The highest BCUT2D eigenvalue weighted by Gasteiger charge is 2.15. The molecule has 0 bridgehead atoms. The van der Waals surface area contributed by atoms with E-state index in [0.717, 1.165) is 18.8 Å². The van der Waals surface area contributed by atoms with E-state index in [1.54, 1.807) is 0 Å². The molecule has 0 aromatic rings. The molecular weight excluding hydrogens is 112 g/mol. The molecule has 0 spiro atoms. The maximum absolute atomic E-state index is 9.06. The van der Waals surface area contributed by atoms with E-state index < -0.39 is 0 Å². The summed E-state index contributed by atoms with van der Waals surface area (Å²) in [6.07, 6.45) is 3.99. The molecule has 1 heteroatoms. The second kappa shape index (κ2) is 2.42. The van der Waals surface area contributed by atoms with E-state index in [2.05, 4.69) is 13.8 Å². The number of hydrogen-bond donors (Lipinski definition) is 1. The summed E-state index contributed by atoms with van der Waals surface area (Å²) in [5.74, 6) is 1.90. The molecule has 9 heavy (non-hydrogen) atoms. The molecule has 0 saturated heterocycles. The third-order valence-corrected chi connectivity index (χ3v) is 2.21. The summed E-state index contributed by atoms with van der Waals surface area (Å²) < 4.78 is 0. The van der Waals surface area contributed by atoms with Gasteiger partial charge in [-0.05, 0) is 24.3 Å². The minimum atomic E-state index is 0.568. The Morgan fingerprint density at radius 1 is 1.56 bits per heavy atom. The predicted molar refractivity (Wildman–Crippen MR) is 38.3 cm³/mol. The summed E-state index contributed by atoms with van der Waals surface area (Å²) in [4.78, 5) is 0. The van der Waals surface area contributed by atoms with Gasteiger partial charge in [0.15, 0.2) is 0 Å². The third kappa shape index (κ3) is 1.47. The van der Waals surface area contributed by atoms with Crippen LogP contribution < -0.4 is 0 Å². The normalized spacial score (nSPS) is 36.0. The van der Waals surface area contributed by atoms with Crippen LogP contribution in [0, 0.1) is 11.8 Å². The average Bonchev–Trinajstić information content (AvgIpc) is 1.80. The van der Waals surface area contributed by atoms with E-state index in [9.17, 15) is 0 Å². The Kier molecular flexibility index (Phi) is 1.79. The molecule has 1 rings (SSSR count). The molecule has 1 aliphatic carbocycles. The van der Waals surface area contributed by atoms with Crippen molar-refractivity contribution in [1.29, 1.82) is 0 Å². The second-order valence-corrected chi connectivity index (χ2v) is 3.03. The smallest absolute Gasteiger partial charge is 0.0885 e. The van der Waals surface area contributed by atoms with Crippen LogP contribution in [0.3, 0.4) is 0 Å². The highest BCUT2D eigenvalue weighted by atomic mass is 16.3. The fraction of sp³-hybridized carbons (Fsp3) is 0.750. The molecule has 52 valence electrons. The van der Waals surface area contributed by atoms with Gasteiger partial charge in [-0.1, -0.05) is 13.8 Å². The highest BCUT2D eigenvalue weighted by Crippen LogP contribution is 2.26. The third-order valence-electron chi connectivity index (χ3n) is 2.21. The number of rotatable bonds is 0. The molecular formula is C8H14O. The quantitative estimate of drug-likeness (QED) is 0.528. The first-order chi connectivity index (χ1) is 4.20. The molecule has 2 unspecified atom stereocenters. The molecule has 0 aromatic heterocycles. The first kappa shape index (κ1) is 6.66. The Hall–Kier alpha value is -0.460. The SMILES string of the molecule is CC1C=C(O)CCC1C. The van der Waals surface area contributed by atoms with E-state index in [1.165, 1.54) is 0 Å². The molecule has 1 aliphatic rings. The number of allylic oxidation sites excluding steroid dienone is 2. The van der Waals surface area contributed by atoms with E-state index >= 15 is 0 Å². The van der Waals surface area contributed by atoms with Crippen molar-refractivity contribution in [1.82, 2.24) is 0 Å². The van der Waals surface area contributed by atoms with E-state index in [0.29, 0.717) is 11.7 Å². The largest absolute Gasteiger partial charge is 0.513 e. The van der Waals surface area contributed by atoms with Crippen LogP contribution in [-0.4, -0.2) is 5.11 Å². The van der Waals surface area contributed by atoms with Gasteiger partial charge in [0.05, 0.1) is 5.76 Å². The van der Waals surface area contributed by atoms with Crippen LogP contribution in [0.4, 0.5) is 0 Å². The van der Waals surface area contributed by atoms with Crippen molar-refractivity contribution in [2.24, 2.45) is 11.8 Å². The fourth-order valence-corrected chi connectivity index (χ4v) is 1.19. The summed E-state index contributed by atoms with van der Waals surface area (Å²) in [6, 6.07) is 0. The van der Waals surface area contributed by atoms with Gasteiger partial charge in [-0.3, -0.25) is 0 Å². The summed E-state index contributed by atoms with van der Waals surface area (Å²) >= 11 is 0. The van der Waals surface area contributed by atoms with Gasteiger partial charge in [0, 0.05) is 6.42 Å². The highest BCUT2D eigenvalue weighted by molar-refractivity contribution is 5.00. The number of aliphatic hydroxyl groups excluding tert-OH is 1.